The second-order valence-corrected chi connectivity index (χ2v) is 12.4. The normalized spacial score (nSPS) is 43.2. The van der Waals surface area contributed by atoms with Crippen LogP contribution in [0.2, 0.25) is 0 Å². The Bertz CT molecular complexity index is 733. The molecule has 4 aliphatic carbocycles. The van der Waals surface area contributed by atoms with E-state index in [4.69, 9.17) is 4.74 Å². The number of hydrogen-bond acceptors (Lipinski definition) is 2. The number of allylic oxidation sites excluding steroid dienone is 3. The summed E-state index contributed by atoms with van der Waals surface area (Å²) in [4.78, 5) is 11.5. The maximum absolute atomic E-state index is 11.5. The Labute approximate surface area is 191 Å². The molecule has 2 nitrogen and oxygen atoms in total. The molecular weight excluding hydrogens is 380 g/mol. The summed E-state index contributed by atoms with van der Waals surface area (Å²) < 4.78 is 5.61. The largest absolute Gasteiger partial charge is 0.462 e. The molecule has 0 unspecified atom stereocenters. The van der Waals surface area contributed by atoms with Crippen LogP contribution in [0.1, 0.15) is 99.3 Å². The van der Waals surface area contributed by atoms with Crippen LogP contribution < -0.4 is 0 Å². The van der Waals surface area contributed by atoms with Crippen LogP contribution in [0, 0.1) is 46.3 Å². The molecule has 4 rings (SSSR count). The second kappa shape index (κ2) is 8.71. The summed E-state index contributed by atoms with van der Waals surface area (Å²) in [7, 11) is 0. The number of carbonyl (C=O) groups is 1. The van der Waals surface area contributed by atoms with Gasteiger partial charge in [0.1, 0.15) is 6.10 Å². The smallest absolute Gasteiger partial charge is 0.302 e. The highest BCUT2D eigenvalue weighted by Crippen LogP contribution is 2.67. The van der Waals surface area contributed by atoms with Crippen LogP contribution in [0.3, 0.4) is 0 Å². The fourth-order valence-electron chi connectivity index (χ4n) is 8.57. The van der Waals surface area contributed by atoms with Crippen molar-refractivity contribution < 1.29 is 9.53 Å². The van der Waals surface area contributed by atoms with Crippen molar-refractivity contribution in [1.29, 1.82) is 0 Å². The number of esters is 1. The van der Waals surface area contributed by atoms with Crippen molar-refractivity contribution in [3.05, 3.63) is 23.8 Å². The van der Waals surface area contributed by atoms with Gasteiger partial charge in [-0.1, -0.05) is 58.4 Å². The van der Waals surface area contributed by atoms with Crippen molar-refractivity contribution in [2.75, 3.05) is 0 Å². The summed E-state index contributed by atoms with van der Waals surface area (Å²) in [5.41, 5.74) is 2.45. The van der Waals surface area contributed by atoms with Gasteiger partial charge in [0.05, 0.1) is 0 Å². The molecule has 3 saturated carbocycles. The molecule has 0 bridgehead atoms. The van der Waals surface area contributed by atoms with Gasteiger partial charge in [0.2, 0.25) is 0 Å². The Kier molecular flexibility index (Phi) is 6.50. The van der Waals surface area contributed by atoms with Crippen LogP contribution in [-0.2, 0) is 9.53 Å². The quantitative estimate of drug-likeness (QED) is 0.332. The fraction of sp³-hybridized carbons (Fsp3) is 0.828. The Morgan fingerprint density at radius 3 is 2.61 bits per heavy atom. The predicted molar refractivity (Wildman–Crippen MR) is 129 cm³/mol. The SMILES string of the molecule is CC(=O)O[C@H]1CC[C@@]2(C)C(=CC[C@@H]3[C@H]4CC[C@@H]([C@H](C)/C=C/CC(C)C)[C@]4(C)CC[C@H]32)C1. The molecule has 0 aromatic heterocycles. The first kappa shape index (κ1) is 23.1. The minimum atomic E-state index is -0.120. The average Bonchev–Trinajstić information content (AvgIpc) is 3.05. The molecule has 0 spiro atoms. The van der Waals surface area contributed by atoms with Gasteiger partial charge in [0, 0.05) is 13.3 Å². The number of fused-ring (bicyclic) bond motifs is 5. The highest BCUT2D eigenvalue weighted by molar-refractivity contribution is 5.66. The minimum Gasteiger partial charge on any atom is -0.462 e. The molecule has 0 heterocycles. The monoisotopic (exact) mass is 426 g/mol. The summed E-state index contributed by atoms with van der Waals surface area (Å²) in [6.07, 6.45) is 19.0. The van der Waals surface area contributed by atoms with Gasteiger partial charge in [0.15, 0.2) is 0 Å². The van der Waals surface area contributed by atoms with E-state index in [9.17, 15) is 4.79 Å². The van der Waals surface area contributed by atoms with E-state index in [0.717, 1.165) is 42.4 Å². The zero-order valence-corrected chi connectivity index (χ0v) is 21.0. The van der Waals surface area contributed by atoms with Crippen molar-refractivity contribution in [3.63, 3.8) is 0 Å². The summed E-state index contributed by atoms with van der Waals surface area (Å²) in [6.45, 7) is 13.9. The van der Waals surface area contributed by atoms with Crippen LogP contribution in [0.25, 0.3) is 0 Å². The van der Waals surface area contributed by atoms with Crippen LogP contribution in [0.5, 0.6) is 0 Å². The van der Waals surface area contributed by atoms with Gasteiger partial charge in [-0.05, 0) is 97.7 Å². The van der Waals surface area contributed by atoms with Crippen LogP contribution in [0.4, 0.5) is 0 Å². The lowest BCUT2D eigenvalue weighted by atomic mass is 9.47. The number of carbonyl (C=O) groups excluding carboxylic acids is 1. The van der Waals surface area contributed by atoms with E-state index in [1.165, 1.54) is 44.9 Å². The molecular formula is C29H46O2. The highest BCUT2D eigenvalue weighted by atomic mass is 16.5. The molecule has 0 amide bonds. The molecule has 0 saturated heterocycles. The van der Waals surface area contributed by atoms with Crippen LogP contribution in [0.15, 0.2) is 23.8 Å². The molecule has 0 N–H and O–H groups in total. The molecule has 174 valence electrons. The van der Waals surface area contributed by atoms with Crippen molar-refractivity contribution in [2.45, 2.75) is 105 Å². The molecule has 0 aliphatic heterocycles. The van der Waals surface area contributed by atoms with E-state index >= 15 is 0 Å². The van der Waals surface area contributed by atoms with Crippen molar-refractivity contribution in [2.24, 2.45) is 46.3 Å². The zero-order valence-electron chi connectivity index (χ0n) is 21.0. The van der Waals surface area contributed by atoms with E-state index < -0.39 is 0 Å². The topological polar surface area (TPSA) is 26.3 Å². The Balaban J connectivity index is 1.50. The third kappa shape index (κ3) is 4.18. The fourth-order valence-corrected chi connectivity index (χ4v) is 8.57. The first-order valence-corrected chi connectivity index (χ1v) is 13.2. The molecule has 8 atom stereocenters. The average molecular weight is 427 g/mol. The summed E-state index contributed by atoms with van der Waals surface area (Å²) in [6, 6.07) is 0. The summed E-state index contributed by atoms with van der Waals surface area (Å²) in [5.74, 6) is 4.76. The van der Waals surface area contributed by atoms with E-state index in [1.807, 2.05) is 0 Å². The number of rotatable bonds is 5. The summed E-state index contributed by atoms with van der Waals surface area (Å²) in [5, 5.41) is 0. The van der Waals surface area contributed by atoms with Gasteiger partial charge in [-0.3, -0.25) is 4.79 Å². The molecule has 4 aliphatic rings. The minimum absolute atomic E-state index is 0.108. The van der Waals surface area contributed by atoms with Crippen LogP contribution >= 0.6 is 0 Å². The lowest BCUT2D eigenvalue weighted by Crippen LogP contribution is -2.51. The molecule has 31 heavy (non-hydrogen) atoms. The van der Waals surface area contributed by atoms with Crippen LogP contribution in [-0.4, -0.2) is 12.1 Å². The van der Waals surface area contributed by atoms with Gasteiger partial charge in [-0.2, -0.15) is 0 Å². The molecule has 0 radical (unpaired) electrons. The maximum Gasteiger partial charge on any atom is 0.302 e. The maximum atomic E-state index is 11.5. The van der Waals surface area contributed by atoms with E-state index in [-0.39, 0.29) is 12.1 Å². The lowest BCUT2D eigenvalue weighted by molar-refractivity contribution is -0.148. The highest BCUT2D eigenvalue weighted by Gasteiger charge is 2.59. The van der Waals surface area contributed by atoms with Gasteiger partial charge in [-0.25, -0.2) is 0 Å². The third-order valence-electron chi connectivity index (χ3n) is 10.1. The summed E-state index contributed by atoms with van der Waals surface area (Å²) >= 11 is 0. The van der Waals surface area contributed by atoms with Gasteiger partial charge >= 0.3 is 5.97 Å². The van der Waals surface area contributed by atoms with E-state index in [1.54, 1.807) is 12.5 Å². The molecule has 2 heteroatoms. The van der Waals surface area contributed by atoms with Crippen molar-refractivity contribution in [1.82, 2.24) is 0 Å². The molecule has 3 fully saturated rings. The Morgan fingerprint density at radius 2 is 1.90 bits per heavy atom. The van der Waals surface area contributed by atoms with Gasteiger partial charge < -0.3 is 4.74 Å². The first-order chi connectivity index (χ1) is 14.6. The number of ether oxygens (including phenoxy) is 1. The van der Waals surface area contributed by atoms with Gasteiger partial charge in [0.25, 0.3) is 0 Å². The molecule has 0 aromatic rings. The number of hydrogen-bond donors (Lipinski definition) is 0. The first-order valence-electron chi connectivity index (χ1n) is 13.2. The molecule has 0 aromatic carbocycles. The Hall–Kier alpha value is -1.05. The predicted octanol–water partition coefficient (Wildman–Crippen LogP) is 7.74. The van der Waals surface area contributed by atoms with E-state index in [0.29, 0.717) is 16.7 Å². The van der Waals surface area contributed by atoms with E-state index in [2.05, 4.69) is 52.8 Å². The lowest BCUT2D eigenvalue weighted by Gasteiger charge is -2.58. The van der Waals surface area contributed by atoms with Crippen molar-refractivity contribution >= 4 is 5.97 Å². The standard InChI is InChI=1S/C29H46O2/c1-19(2)8-7-9-20(3)25-12-13-26-24-11-10-22-18-23(31-21(4)30)14-16-28(22,5)27(24)15-17-29(25,26)6/h7,9-10,19-20,23-27H,8,11-18H2,1-6H3/b9-7+/t20-,23+,24-,25+,26-,27-,28+,29+/m1/s1. The van der Waals surface area contributed by atoms with Gasteiger partial charge in [-0.15, -0.1) is 0 Å². The third-order valence-corrected chi connectivity index (χ3v) is 10.1. The Morgan fingerprint density at radius 1 is 1.13 bits per heavy atom. The van der Waals surface area contributed by atoms with Crippen molar-refractivity contribution in [3.8, 4) is 0 Å². The zero-order chi connectivity index (χ0) is 22.4. The second-order valence-electron chi connectivity index (χ2n) is 12.4.